The average Bonchev–Trinajstić information content (AvgIpc) is 2.83. The highest BCUT2D eigenvalue weighted by Crippen LogP contribution is 2.24. The fourth-order valence-electron chi connectivity index (χ4n) is 1.35. The first-order valence-corrected chi connectivity index (χ1v) is 5.49. The van der Waals surface area contributed by atoms with Crippen LogP contribution in [0.15, 0.2) is 22.9 Å². The molecule has 0 aromatic carbocycles. The van der Waals surface area contributed by atoms with Gasteiger partial charge in [0.1, 0.15) is 12.4 Å². The number of alkyl halides is 2. The molecule has 0 aliphatic heterocycles. The molecule has 0 aliphatic carbocycles. The SMILES string of the molecule is Oc1cccnc1-c1nc(CCOCC(F)F)no1. The lowest BCUT2D eigenvalue weighted by atomic mass is 10.3. The van der Waals surface area contributed by atoms with Gasteiger partial charge >= 0.3 is 0 Å². The number of aromatic nitrogens is 3. The van der Waals surface area contributed by atoms with Crippen LogP contribution in [-0.2, 0) is 11.2 Å². The molecule has 19 heavy (non-hydrogen) atoms. The van der Waals surface area contributed by atoms with Gasteiger partial charge in [0.2, 0.25) is 0 Å². The third-order valence-electron chi connectivity index (χ3n) is 2.17. The molecule has 0 bridgehead atoms. The second kappa shape index (κ2) is 6.19. The minimum atomic E-state index is -2.49. The maximum Gasteiger partial charge on any atom is 0.280 e. The highest BCUT2D eigenvalue weighted by atomic mass is 19.3. The third-order valence-corrected chi connectivity index (χ3v) is 2.17. The first-order valence-electron chi connectivity index (χ1n) is 5.49. The van der Waals surface area contributed by atoms with Gasteiger partial charge in [0, 0.05) is 12.6 Å². The number of nitrogens with zero attached hydrogens (tertiary/aromatic N) is 3. The summed E-state index contributed by atoms with van der Waals surface area (Å²) in [6, 6.07) is 3.01. The second-order valence-electron chi connectivity index (χ2n) is 3.60. The molecule has 0 saturated carbocycles. The van der Waals surface area contributed by atoms with Gasteiger partial charge in [-0.3, -0.25) is 0 Å². The van der Waals surface area contributed by atoms with E-state index < -0.39 is 13.0 Å². The molecule has 2 heterocycles. The number of rotatable bonds is 6. The minimum absolute atomic E-state index is 0.0670. The predicted octanol–water partition coefficient (Wildman–Crippen LogP) is 1.66. The second-order valence-corrected chi connectivity index (χ2v) is 3.60. The number of halogens is 2. The van der Waals surface area contributed by atoms with Crippen LogP contribution in [0, 0.1) is 0 Å². The largest absolute Gasteiger partial charge is 0.505 e. The zero-order valence-corrected chi connectivity index (χ0v) is 9.79. The Morgan fingerprint density at radius 1 is 1.42 bits per heavy atom. The number of hydrogen-bond donors (Lipinski definition) is 1. The zero-order valence-electron chi connectivity index (χ0n) is 9.79. The van der Waals surface area contributed by atoms with Crippen LogP contribution in [0.2, 0.25) is 0 Å². The van der Waals surface area contributed by atoms with Gasteiger partial charge in [-0.25, -0.2) is 13.8 Å². The fourth-order valence-corrected chi connectivity index (χ4v) is 1.35. The summed E-state index contributed by atoms with van der Waals surface area (Å²) in [6.45, 7) is -0.552. The van der Waals surface area contributed by atoms with Crippen LogP contribution in [-0.4, -0.2) is 39.9 Å². The van der Waals surface area contributed by atoms with E-state index in [2.05, 4.69) is 15.1 Å². The molecule has 0 fully saturated rings. The van der Waals surface area contributed by atoms with E-state index in [0.717, 1.165) is 0 Å². The Hall–Kier alpha value is -2.09. The summed E-state index contributed by atoms with van der Waals surface area (Å²) in [7, 11) is 0. The molecule has 0 atom stereocenters. The average molecular weight is 271 g/mol. The predicted molar refractivity (Wildman–Crippen MR) is 59.7 cm³/mol. The van der Waals surface area contributed by atoms with Gasteiger partial charge in [0.05, 0.1) is 6.61 Å². The van der Waals surface area contributed by atoms with Crippen molar-refractivity contribution < 1.29 is 23.1 Å². The molecule has 102 valence electrons. The summed E-state index contributed by atoms with van der Waals surface area (Å²) in [5, 5.41) is 13.2. The molecule has 0 unspecified atom stereocenters. The summed E-state index contributed by atoms with van der Waals surface area (Å²) in [5.41, 5.74) is 0.176. The lowest BCUT2D eigenvalue weighted by molar-refractivity contribution is 0.0182. The van der Waals surface area contributed by atoms with Crippen molar-refractivity contribution in [1.29, 1.82) is 0 Å². The maximum absolute atomic E-state index is 11.8. The van der Waals surface area contributed by atoms with Crippen LogP contribution in [0.4, 0.5) is 8.78 Å². The number of hydrogen-bond acceptors (Lipinski definition) is 6. The molecular weight excluding hydrogens is 260 g/mol. The van der Waals surface area contributed by atoms with Gasteiger partial charge in [-0.1, -0.05) is 5.16 Å². The van der Waals surface area contributed by atoms with Gasteiger partial charge in [0.25, 0.3) is 12.3 Å². The molecule has 0 aliphatic rings. The monoisotopic (exact) mass is 271 g/mol. The van der Waals surface area contributed by atoms with Gasteiger partial charge in [-0.05, 0) is 12.1 Å². The molecule has 2 aromatic rings. The van der Waals surface area contributed by atoms with Crippen LogP contribution in [0.25, 0.3) is 11.6 Å². The summed E-state index contributed by atoms with van der Waals surface area (Å²) in [5.74, 6) is 0.294. The van der Waals surface area contributed by atoms with Crippen molar-refractivity contribution in [3.63, 3.8) is 0 Å². The molecule has 0 amide bonds. The summed E-state index contributed by atoms with van der Waals surface area (Å²) in [6.07, 6.45) is -0.777. The van der Waals surface area contributed by atoms with Crippen molar-refractivity contribution in [3.05, 3.63) is 24.2 Å². The molecular formula is C11H11F2N3O3. The standard InChI is InChI=1S/C11H11F2N3O3/c12-8(13)6-18-5-3-9-15-11(19-16-9)10-7(17)2-1-4-14-10/h1-2,4,8,17H,3,5-6H2. The molecule has 0 saturated heterocycles. The van der Waals surface area contributed by atoms with E-state index in [1.807, 2.05) is 0 Å². The van der Waals surface area contributed by atoms with Gasteiger partial charge < -0.3 is 14.4 Å². The Balaban J connectivity index is 1.94. The van der Waals surface area contributed by atoms with E-state index >= 15 is 0 Å². The van der Waals surface area contributed by atoms with Crippen molar-refractivity contribution in [1.82, 2.24) is 15.1 Å². The summed E-state index contributed by atoms with van der Waals surface area (Å²) < 4.78 is 33.3. The first kappa shape index (κ1) is 13.3. The van der Waals surface area contributed by atoms with Gasteiger partial charge in [-0.15, -0.1) is 0 Å². The van der Waals surface area contributed by atoms with Crippen LogP contribution in [0.3, 0.4) is 0 Å². The molecule has 2 aromatic heterocycles. The normalized spacial score (nSPS) is 11.1. The summed E-state index contributed by atoms with van der Waals surface area (Å²) in [4.78, 5) is 7.90. The van der Waals surface area contributed by atoms with Gasteiger partial charge in [0.15, 0.2) is 11.5 Å². The Labute approximate surface area is 107 Å². The van der Waals surface area contributed by atoms with Crippen molar-refractivity contribution in [2.45, 2.75) is 12.8 Å². The van der Waals surface area contributed by atoms with Crippen LogP contribution in [0.1, 0.15) is 5.82 Å². The zero-order chi connectivity index (χ0) is 13.7. The fraction of sp³-hybridized carbons (Fsp3) is 0.364. The van der Waals surface area contributed by atoms with E-state index in [0.29, 0.717) is 5.82 Å². The number of pyridine rings is 1. The Morgan fingerprint density at radius 3 is 3.00 bits per heavy atom. The summed E-state index contributed by atoms with van der Waals surface area (Å²) >= 11 is 0. The van der Waals surface area contributed by atoms with Crippen molar-refractivity contribution in [2.75, 3.05) is 13.2 Å². The number of ether oxygens (including phenoxy) is 1. The highest BCUT2D eigenvalue weighted by Gasteiger charge is 2.13. The Morgan fingerprint density at radius 2 is 2.26 bits per heavy atom. The van der Waals surface area contributed by atoms with E-state index in [9.17, 15) is 13.9 Å². The topological polar surface area (TPSA) is 81.3 Å². The molecule has 0 radical (unpaired) electrons. The molecule has 0 spiro atoms. The van der Waals surface area contributed by atoms with Crippen LogP contribution < -0.4 is 0 Å². The minimum Gasteiger partial charge on any atom is -0.505 e. The van der Waals surface area contributed by atoms with Crippen LogP contribution >= 0.6 is 0 Å². The molecule has 6 nitrogen and oxygen atoms in total. The maximum atomic E-state index is 11.8. The highest BCUT2D eigenvalue weighted by molar-refractivity contribution is 5.55. The van der Waals surface area contributed by atoms with Crippen molar-refractivity contribution in [3.8, 4) is 17.3 Å². The molecule has 1 N–H and O–H groups in total. The van der Waals surface area contributed by atoms with E-state index in [1.165, 1.54) is 12.3 Å². The van der Waals surface area contributed by atoms with E-state index in [-0.39, 0.29) is 30.4 Å². The number of aromatic hydroxyl groups is 1. The Bertz CT molecular complexity index is 533. The van der Waals surface area contributed by atoms with Crippen LogP contribution in [0.5, 0.6) is 5.75 Å². The molecule has 2 rings (SSSR count). The Kier molecular flexibility index (Phi) is 4.35. The third kappa shape index (κ3) is 3.68. The van der Waals surface area contributed by atoms with E-state index in [1.54, 1.807) is 6.07 Å². The first-order chi connectivity index (χ1) is 9.16. The van der Waals surface area contributed by atoms with E-state index in [4.69, 9.17) is 9.26 Å². The van der Waals surface area contributed by atoms with Crippen molar-refractivity contribution in [2.24, 2.45) is 0 Å². The lowest BCUT2D eigenvalue weighted by Crippen LogP contribution is -2.07. The lowest BCUT2D eigenvalue weighted by Gasteiger charge is -1.99. The smallest absolute Gasteiger partial charge is 0.280 e. The quantitative estimate of drug-likeness (QED) is 0.805. The van der Waals surface area contributed by atoms with Crippen molar-refractivity contribution >= 4 is 0 Å². The van der Waals surface area contributed by atoms with Gasteiger partial charge in [-0.2, -0.15) is 4.98 Å². The molecule has 8 heteroatoms.